The molecule has 1 heterocycles. The lowest BCUT2D eigenvalue weighted by atomic mass is 10.0. The van der Waals surface area contributed by atoms with E-state index < -0.39 is 0 Å². The topological polar surface area (TPSA) is 55.9 Å². The minimum Gasteiger partial charge on any atom is -0.469 e. The van der Waals surface area contributed by atoms with E-state index in [2.05, 4.69) is 4.74 Å². The molecule has 0 aromatic heterocycles. The fraction of sp³-hybridized carbons (Fsp3) is 0.385. The van der Waals surface area contributed by atoms with Crippen LogP contribution in [0, 0.1) is 0 Å². The summed E-state index contributed by atoms with van der Waals surface area (Å²) in [4.78, 5) is 21.5. The number of benzene rings is 1. The number of carbonyl (C=O) groups excluding carboxylic acids is 2. The zero-order valence-corrected chi connectivity index (χ0v) is 9.59. The highest BCUT2D eigenvalue weighted by Crippen LogP contribution is 2.37. The molecule has 0 N–H and O–H groups in total. The van der Waals surface area contributed by atoms with Crippen LogP contribution in [0.1, 0.15) is 23.7 Å². The van der Waals surface area contributed by atoms with E-state index in [-0.39, 0.29) is 18.2 Å². The Morgan fingerprint density at radius 1 is 1.53 bits per heavy atom. The van der Waals surface area contributed by atoms with Crippen molar-refractivity contribution in [3.05, 3.63) is 35.4 Å². The summed E-state index contributed by atoms with van der Waals surface area (Å²) in [6, 6.07) is 7.75. The Labute approximate surface area is 99.5 Å². The summed E-state index contributed by atoms with van der Waals surface area (Å²) in [6.45, 7) is 0. The molecule has 1 aliphatic rings. The van der Waals surface area contributed by atoms with E-state index in [0.29, 0.717) is 12.8 Å². The fourth-order valence-corrected chi connectivity index (χ4v) is 1.77. The first-order valence-corrected chi connectivity index (χ1v) is 5.51. The number of aldehydes is 1. The lowest BCUT2D eigenvalue weighted by molar-refractivity contribution is -0.140. The van der Waals surface area contributed by atoms with Gasteiger partial charge in [0.15, 0.2) is 6.29 Å². The van der Waals surface area contributed by atoms with E-state index in [0.717, 1.165) is 17.4 Å². The number of ether oxygens (including phenoxy) is 2. The molecule has 2 unspecified atom stereocenters. The monoisotopic (exact) mass is 234 g/mol. The predicted molar refractivity (Wildman–Crippen MR) is 60.5 cm³/mol. The van der Waals surface area contributed by atoms with E-state index >= 15 is 0 Å². The molecular formula is C13H14O4. The maximum Gasteiger partial charge on any atom is 0.305 e. The van der Waals surface area contributed by atoms with Gasteiger partial charge in [-0.25, -0.2) is 0 Å². The van der Waals surface area contributed by atoms with Crippen LogP contribution >= 0.6 is 0 Å². The third-order valence-corrected chi connectivity index (χ3v) is 2.78. The molecule has 0 aliphatic carbocycles. The third kappa shape index (κ3) is 2.91. The van der Waals surface area contributed by atoms with Gasteiger partial charge in [-0.15, -0.1) is 0 Å². The molecule has 1 fully saturated rings. The highest BCUT2D eigenvalue weighted by atomic mass is 16.6. The molecule has 1 aromatic carbocycles. The van der Waals surface area contributed by atoms with Gasteiger partial charge in [-0.05, 0) is 17.5 Å². The normalized spacial score (nSPS) is 21.9. The van der Waals surface area contributed by atoms with Gasteiger partial charge in [0.05, 0.1) is 7.11 Å². The number of aryl methyl sites for hydroxylation is 1. The summed E-state index contributed by atoms with van der Waals surface area (Å²) in [7, 11) is 1.38. The maximum atomic E-state index is 11.0. The average Bonchev–Trinajstić information content (AvgIpc) is 3.15. The lowest BCUT2D eigenvalue weighted by Gasteiger charge is -2.02. The van der Waals surface area contributed by atoms with E-state index in [4.69, 9.17) is 4.74 Å². The number of hydrogen-bond donors (Lipinski definition) is 0. The minimum absolute atomic E-state index is 0.106. The lowest BCUT2D eigenvalue weighted by Crippen LogP contribution is -2.02. The van der Waals surface area contributed by atoms with Crippen LogP contribution in [0.3, 0.4) is 0 Å². The summed E-state index contributed by atoms with van der Waals surface area (Å²) in [5.41, 5.74) is 2.04. The molecule has 2 rings (SSSR count). The van der Waals surface area contributed by atoms with Crippen molar-refractivity contribution in [1.82, 2.24) is 0 Å². The van der Waals surface area contributed by atoms with Gasteiger partial charge in [0.2, 0.25) is 0 Å². The van der Waals surface area contributed by atoms with Crippen molar-refractivity contribution in [1.29, 1.82) is 0 Å². The van der Waals surface area contributed by atoms with Gasteiger partial charge < -0.3 is 14.3 Å². The van der Waals surface area contributed by atoms with Gasteiger partial charge in [-0.3, -0.25) is 4.79 Å². The Balaban J connectivity index is 1.97. The van der Waals surface area contributed by atoms with Crippen molar-refractivity contribution in [3.8, 4) is 0 Å². The first-order chi connectivity index (χ1) is 8.24. The summed E-state index contributed by atoms with van der Waals surface area (Å²) < 4.78 is 9.78. The summed E-state index contributed by atoms with van der Waals surface area (Å²) in [5, 5.41) is 0. The van der Waals surface area contributed by atoms with Crippen LogP contribution in [0.5, 0.6) is 0 Å². The van der Waals surface area contributed by atoms with Gasteiger partial charge in [0, 0.05) is 6.42 Å². The Kier molecular flexibility index (Phi) is 3.54. The highest BCUT2D eigenvalue weighted by Gasteiger charge is 2.39. The molecule has 0 saturated carbocycles. The Morgan fingerprint density at radius 2 is 2.35 bits per heavy atom. The van der Waals surface area contributed by atoms with Crippen LogP contribution in [0.4, 0.5) is 0 Å². The second kappa shape index (κ2) is 5.10. The molecule has 4 nitrogen and oxygen atoms in total. The highest BCUT2D eigenvalue weighted by molar-refractivity contribution is 5.69. The van der Waals surface area contributed by atoms with Gasteiger partial charge >= 0.3 is 5.97 Å². The maximum absolute atomic E-state index is 11.0. The molecule has 0 radical (unpaired) electrons. The fourth-order valence-electron chi connectivity index (χ4n) is 1.77. The largest absolute Gasteiger partial charge is 0.469 e. The first-order valence-electron chi connectivity index (χ1n) is 5.51. The molecule has 0 spiro atoms. The number of epoxide rings is 1. The number of methoxy groups -OCH3 is 1. The zero-order valence-electron chi connectivity index (χ0n) is 9.59. The quantitative estimate of drug-likeness (QED) is 0.439. The summed E-state index contributed by atoms with van der Waals surface area (Å²) in [6.07, 6.45) is 1.41. The third-order valence-electron chi connectivity index (χ3n) is 2.78. The second-order valence-corrected chi connectivity index (χ2v) is 3.98. The SMILES string of the molecule is COC(=O)CCc1cccc(C2OC2C=O)c1. The Bertz CT molecular complexity index is 427. The van der Waals surface area contributed by atoms with E-state index in [9.17, 15) is 9.59 Å². The van der Waals surface area contributed by atoms with Crippen molar-refractivity contribution in [3.63, 3.8) is 0 Å². The van der Waals surface area contributed by atoms with Crippen molar-refractivity contribution in [2.75, 3.05) is 7.11 Å². The molecule has 1 aromatic rings. The molecule has 0 amide bonds. The second-order valence-electron chi connectivity index (χ2n) is 3.98. The molecule has 2 atom stereocenters. The summed E-state index contributed by atoms with van der Waals surface area (Å²) in [5.74, 6) is -0.219. The van der Waals surface area contributed by atoms with Gasteiger partial charge in [0.25, 0.3) is 0 Å². The minimum atomic E-state index is -0.300. The van der Waals surface area contributed by atoms with Gasteiger partial charge in [0.1, 0.15) is 12.2 Å². The van der Waals surface area contributed by atoms with Crippen LogP contribution in [0.15, 0.2) is 24.3 Å². The van der Waals surface area contributed by atoms with Crippen molar-refractivity contribution < 1.29 is 19.1 Å². The number of esters is 1. The van der Waals surface area contributed by atoms with E-state index in [1.165, 1.54) is 7.11 Å². The first kappa shape index (κ1) is 11.8. The standard InChI is InChI=1S/C13H14O4/c1-16-12(15)6-5-9-3-2-4-10(7-9)13-11(8-14)17-13/h2-4,7-8,11,13H,5-6H2,1H3. The molecule has 0 bridgehead atoms. The van der Waals surface area contributed by atoms with Crippen molar-refractivity contribution in [2.24, 2.45) is 0 Å². The molecule has 90 valence electrons. The Morgan fingerprint density at radius 3 is 3.00 bits per heavy atom. The van der Waals surface area contributed by atoms with Crippen LogP contribution in [0.2, 0.25) is 0 Å². The molecule has 1 saturated heterocycles. The van der Waals surface area contributed by atoms with Crippen LogP contribution < -0.4 is 0 Å². The Hall–Kier alpha value is -1.68. The zero-order chi connectivity index (χ0) is 12.3. The van der Waals surface area contributed by atoms with Crippen molar-refractivity contribution in [2.45, 2.75) is 25.0 Å². The number of hydrogen-bond acceptors (Lipinski definition) is 4. The van der Waals surface area contributed by atoms with Gasteiger partial charge in [-0.2, -0.15) is 0 Å². The molecule has 17 heavy (non-hydrogen) atoms. The van der Waals surface area contributed by atoms with E-state index in [1.54, 1.807) is 0 Å². The van der Waals surface area contributed by atoms with Crippen LogP contribution in [0.25, 0.3) is 0 Å². The molecule has 4 heteroatoms. The predicted octanol–water partition coefficient (Wildman–Crippen LogP) is 1.43. The van der Waals surface area contributed by atoms with E-state index in [1.807, 2.05) is 24.3 Å². The number of carbonyl (C=O) groups is 2. The van der Waals surface area contributed by atoms with Crippen molar-refractivity contribution >= 4 is 12.3 Å². The van der Waals surface area contributed by atoms with Crippen LogP contribution in [-0.4, -0.2) is 25.5 Å². The molecule has 1 aliphatic heterocycles. The number of rotatable bonds is 5. The molecular weight excluding hydrogens is 220 g/mol. The summed E-state index contributed by atoms with van der Waals surface area (Å²) >= 11 is 0. The van der Waals surface area contributed by atoms with Crippen LogP contribution in [-0.2, 0) is 25.5 Å². The average molecular weight is 234 g/mol. The van der Waals surface area contributed by atoms with Gasteiger partial charge in [-0.1, -0.05) is 24.3 Å². The smallest absolute Gasteiger partial charge is 0.305 e.